The minimum Gasteiger partial charge on any atom is -0.478 e. The predicted octanol–water partition coefficient (Wildman–Crippen LogP) is 2.90. The van der Waals surface area contributed by atoms with E-state index in [0.29, 0.717) is 17.1 Å². The van der Waals surface area contributed by atoms with Crippen molar-refractivity contribution in [3.63, 3.8) is 0 Å². The maximum absolute atomic E-state index is 11.1. The highest BCUT2D eigenvalue weighted by Crippen LogP contribution is 2.26. The summed E-state index contributed by atoms with van der Waals surface area (Å²) in [6.45, 7) is 1.90. The van der Waals surface area contributed by atoms with E-state index in [1.165, 1.54) is 6.07 Å². The molecule has 0 saturated carbocycles. The Kier molecular flexibility index (Phi) is 2.52. The Morgan fingerprint density at radius 2 is 2.11 bits per heavy atom. The number of carboxylic acid groups (broad SMARTS) is 1. The second-order valence-corrected chi connectivity index (χ2v) is 4.15. The molecule has 0 amide bonds. The molecule has 0 aliphatic carbocycles. The first-order valence-corrected chi connectivity index (χ1v) is 5.71. The number of aryl methyl sites for hydroxylation is 1. The topological polar surface area (TPSA) is 76.2 Å². The number of pyridine rings is 1. The first-order chi connectivity index (χ1) is 9.16. The Morgan fingerprint density at radius 1 is 1.26 bits per heavy atom. The SMILES string of the molecule is Cc1cccnc1-c1nc2cccc(C(=O)O)c2o1. The molecule has 2 aromatic heterocycles. The second kappa shape index (κ2) is 4.20. The van der Waals surface area contributed by atoms with E-state index in [0.717, 1.165) is 5.56 Å². The molecule has 0 spiro atoms. The molecule has 3 rings (SSSR count). The minimum atomic E-state index is -1.04. The Labute approximate surface area is 108 Å². The molecule has 5 nitrogen and oxygen atoms in total. The first-order valence-electron chi connectivity index (χ1n) is 5.71. The van der Waals surface area contributed by atoms with E-state index in [1.807, 2.05) is 19.1 Å². The van der Waals surface area contributed by atoms with Crippen molar-refractivity contribution in [2.75, 3.05) is 0 Å². The van der Waals surface area contributed by atoms with Crippen molar-refractivity contribution in [1.29, 1.82) is 0 Å². The third-order valence-corrected chi connectivity index (χ3v) is 2.86. The molecular formula is C14H10N2O3. The lowest BCUT2D eigenvalue weighted by Crippen LogP contribution is -1.95. The van der Waals surface area contributed by atoms with E-state index >= 15 is 0 Å². The highest BCUT2D eigenvalue weighted by molar-refractivity contribution is 6.00. The fourth-order valence-electron chi connectivity index (χ4n) is 1.93. The molecule has 0 aliphatic rings. The fourth-order valence-corrected chi connectivity index (χ4v) is 1.93. The zero-order valence-electron chi connectivity index (χ0n) is 10.1. The Hall–Kier alpha value is -2.69. The van der Waals surface area contributed by atoms with Crippen LogP contribution in [0.3, 0.4) is 0 Å². The van der Waals surface area contributed by atoms with Crippen LogP contribution in [0.25, 0.3) is 22.7 Å². The van der Waals surface area contributed by atoms with Crippen LogP contribution in [-0.4, -0.2) is 21.0 Å². The van der Waals surface area contributed by atoms with Crippen LogP contribution in [0.2, 0.25) is 0 Å². The summed E-state index contributed by atoms with van der Waals surface area (Å²) < 4.78 is 5.57. The summed E-state index contributed by atoms with van der Waals surface area (Å²) in [6.07, 6.45) is 1.65. The molecule has 0 atom stereocenters. The molecule has 94 valence electrons. The van der Waals surface area contributed by atoms with E-state index in [9.17, 15) is 4.79 Å². The molecular weight excluding hydrogens is 244 g/mol. The second-order valence-electron chi connectivity index (χ2n) is 4.15. The van der Waals surface area contributed by atoms with Gasteiger partial charge in [0.15, 0.2) is 5.58 Å². The standard InChI is InChI=1S/C14H10N2O3/c1-8-4-3-7-15-11(8)13-16-10-6-2-5-9(14(17)18)12(10)19-13/h2-7H,1H3,(H,17,18). The van der Waals surface area contributed by atoms with Gasteiger partial charge < -0.3 is 9.52 Å². The number of hydrogen-bond acceptors (Lipinski definition) is 4. The van der Waals surface area contributed by atoms with Crippen molar-refractivity contribution < 1.29 is 14.3 Å². The molecule has 2 heterocycles. The van der Waals surface area contributed by atoms with Crippen LogP contribution in [0.15, 0.2) is 40.9 Å². The average molecular weight is 254 g/mol. The average Bonchev–Trinajstić information content (AvgIpc) is 2.82. The monoisotopic (exact) mass is 254 g/mol. The summed E-state index contributed by atoms with van der Waals surface area (Å²) >= 11 is 0. The van der Waals surface area contributed by atoms with E-state index in [-0.39, 0.29) is 11.1 Å². The number of nitrogens with zero attached hydrogens (tertiary/aromatic N) is 2. The summed E-state index contributed by atoms with van der Waals surface area (Å²) in [6, 6.07) is 8.57. The predicted molar refractivity (Wildman–Crippen MR) is 68.9 cm³/mol. The number of benzene rings is 1. The number of para-hydroxylation sites is 1. The van der Waals surface area contributed by atoms with Crippen molar-refractivity contribution in [3.8, 4) is 11.6 Å². The number of rotatable bonds is 2. The minimum absolute atomic E-state index is 0.102. The quantitative estimate of drug-likeness (QED) is 0.760. The van der Waals surface area contributed by atoms with Crippen molar-refractivity contribution in [3.05, 3.63) is 47.7 Å². The number of carboxylic acids is 1. The Balaban J connectivity index is 2.26. The van der Waals surface area contributed by atoms with Crippen LogP contribution in [0, 0.1) is 6.92 Å². The summed E-state index contributed by atoms with van der Waals surface area (Å²) in [4.78, 5) is 19.6. The van der Waals surface area contributed by atoms with Crippen molar-refractivity contribution >= 4 is 17.1 Å². The van der Waals surface area contributed by atoms with Crippen LogP contribution < -0.4 is 0 Å². The zero-order chi connectivity index (χ0) is 13.4. The summed E-state index contributed by atoms with van der Waals surface area (Å²) in [5, 5.41) is 9.11. The molecule has 0 bridgehead atoms. The number of oxazole rings is 1. The van der Waals surface area contributed by atoms with E-state index in [2.05, 4.69) is 9.97 Å². The molecule has 0 radical (unpaired) electrons. The highest BCUT2D eigenvalue weighted by atomic mass is 16.4. The Bertz CT molecular complexity index is 777. The van der Waals surface area contributed by atoms with Gasteiger partial charge in [-0.15, -0.1) is 0 Å². The molecule has 3 aromatic rings. The molecule has 0 saturated heterocycles. The lowest BCUT2D eigenvalue weighted by atomic mass is 10.2. The van der Waals surface area contributed by atoms with Gasteiger partial charge in [0.25, 0.3) is 0 Å². The van der Waals surface area contributed by atoms with Crippen LogP contribution in [-0.2, 0) is 0 Å². The molecule has 5 heteroatoms. The highest BCUT2D eigenvalue weighted by Gasteiger charge is 2.16. The smallest absolute Gasteiger partial charge is 0.339 e. The van der Waals surface area contributed by atoms with Crippen LogP contribution in [0.1, 0.15) is 15.9 Å². The molecule has 1 N–H and O–H groups in total. The van der Waals surface area contributed by atoms with Gasteiger partial charge in [-0.2, -0.15) is 0 Å². The van der Waals surface area contributed by atoms with Gasteiger partial charge in [0.05, 0.1) is 0 Å². The molecule has 0 aliphatic heterocycles. The van der Waals surface area contributed by atoms with Crippen LogP contribution >= 0.6 is 0 Å². The summed E-state index contributed by atoms with van der Waals surface area (Å²) in [5.41, 5.74) is 2.43. The fraction of sp³-hybridized carbons (Fsp3) is 0.0714. The van der Waals surface area contributed by atoms with E-state index in [1.54, 1.807) is 18.3 Å². The summed E-state index contributed by atoms with van der Waals surface area (Å²) in [7, 11) is 0. The lowest BCUT2D eigenvalue weighted by Gasteiger charge is -1.97. The van der Waals surface area contributed by atoms with Gasteiger partial charge >= 0.3 is 5.97 Å². The van der Waals surface area contributed by atoms with Gasteiger partial charge in [-0.25, -0.2) is 9.78 Å². The normalized spacial score (nSPS) is 10.8. The zero-order valence-corrected chi connectivity index (χ0v) is 10.1. The first kappa shape index (κ1) is 11.4. The van der Waals surface area contributed by atoms with Gasteiger partial charge in [0.1, 0.15) is 16.8 Å². The molecule has 0 fully saturated rings. The lowest BCUT2D eigenvalue weighted by molar-refractivity contribution is 0.0698. The largest absolute Gasteiger partial charge is 0.478 e. The number of aromatic carboxylic acids is 1. The van der Waals surface area contributed by atoms with Crippen molar-refractivity contribution in [2.45, 2.75) is 6.92 Å². The van der Waals surface area contributed by atoms with Crippen molar-refractivity contribution in [2.24, 2.45) is 0 Å². The van der Waals surface area contributed by atoms with Gasteiger partial charge in [0.2, 0.25) is 5.89 Å². The maximum atomic E-state index is 11.1. The number of hydrogen-bond donors (Lipinski definition) is 1. The number of carbonyl (C=O) groups is 1. The third-order valence-electron chi connectivity index (χ3n) is 2.86. The molecule has 1 aromatic carbocycles. The number of fused-ring (bicyclic) bond motifs is 1. The number of aromatic nitrogens is 2. The molecule has 0 unspecified atom stereocenters. The summed E-state index contributed by atoms with van der Waals surface area (Å²) in [5.74, 6) is -0.701. The van der Waals surface area contributed by atoms with E-state index < -0.39 is 5.97 Å². The van der Waals surface area contributed by atoms with Gasteiger partial charge in [-0.3, -0.25) is 4.98 Å². The van der Waals surface area contributed by atoms with Gasteiger partial charge in [0, 0.05) is 6.20 Å². The van der Waals surface area contributed by atoms with Crippen LogP contribution in [0.5, 0.6) is 0 Å². The molecule has 19 heavy (non-hydrogen) atoms. The van der Waals surface area contributed by atoms with E-state index in [4.69, 9.17) is 9.52 Å². The van der Waals surface area contributed by atoms with Gasteiger partial charge in [-0.05, 0) is 30.7 Å². The third kappa shape index (κ3) is 1.85. The maximum Gasteiger partial charge on any atom is 0.339 e. The van der Waals surface area contributed by atoms with Crippen molar-refractivity contribution in [1.82, 2.24) is 9.97 Å². The Morgan fingerprint density at radius 3 is 2.84 bits per heavy atom. The van der Waals surface area contributed by atoms with Crippen LogP contribution in [0.4, 0.5) is 0 Å². The van der Waals surface area contributed by atoms with Gasteiger partial charge in [-0.1, -0.05) is 12.1 Å².